The lowest BCUT2D eigenvalue weighted by Gasteiger charge is -2.26. The topological polar surface area (TPSA) is 61.4 Å². The summed E-state index contributed by atoms with van der Waals surface area (Å²) in [5.41, 5.74) is 1.58. The predicted octanol–water partition coefficient (Wildman–Crippen LogP) is 1.85. The fourth-order valence-corrected chi connectivity index (χ4v) is 1.60. The largest absolute Gasteiger partial charge is 0.392 e. The SMILES string of the molecule is O=C(Nc1ccc(CO)cc1)NC1CCC1. The molecule has 2 amide bonds. The Bertz CT molecular complexity index is 358. The van der Waals surface area contributed by atoms with Gasteiger partial charge in [0.05, 0.1) is 6.61 Å². The van der Waals surface area contributed by atoms with Crippen LogP contribution >= 0.6 is 0 Å². The van der Waals surface area contributed by atoms with E-state index < -0.39 is 0 Å². The summed E-state index contributed by atoms with van der Waals surface area (Å²) < 4.78 is 0. The average molecular weight is 220 g/mol. The zero-order chi connectivity index (χ0) is 11.4. The number of hydrogen-bond donors (Lipinski definition) is 3. The molecule has 4 nitrogen and oxygen atoms in total. The molecule has 86 valence electrons. The van der Waals surface area contributed by atoms with E-state index in [1.54, 1.807) is 24.3 Å². The van der Waals surface area contributed by atoms with Crippen molar-refractivity contribution in [3.05, 3.63) is 29.8 Å². The van der Waals surface area contributed by atoms with Gasteiger partial charge in [0.25, 0.3) is 0 Å². The smallest absolute Gasteiger partial charge is 0.319 e. The summed E-state index contributed by atoms with van der Waals surface area (Å²) in [5, 5.41) is 14.5. The number of amides is 2. The van der Waals surface area contributed by atoms with Crippen molar-refractivity contribution >= 4 is 11.7 Å². The van der Waals surface area contributed by atoms with E-state index in [9.17, 15) is 4.79 Å². The van der Waals surface area contributed by atoms with E-state index in [2.05, 4.69) is 10.6 Å². The van der Waals surface area contributed by atoms with Gasteiger partial charge < -0.3 is 15.7 Å². The molecule has 1 aromatic carbocycles. The molecule has 4 heteroatoms. The first-order chi connectivity index (χ1) is 7.78. The molecular formula is C12H16N2O2. The Kier molecular flexibility index (Phi) is 3.41. The van der Waals surface area contributed by atoms with Crippen molar-refractivity contribution in [2.24, 2.45) is 0 Å². The van der Waals surface area contributed by atoms with Gasteiger partial charge >= 0.3 is 6.03 Å². The molecule has 1 aromatic rings. The number of carbonyl (C=O) groups excluding carboxylic acids is 1. The Morgan fingerprint density at radius 3 is 2.50 bits per heavy atom. The molecule has 0 spiro atoms. The van der Waals surface area contributed by atoms with Gasteiger partial charge in [-0.2, -0.15) is 0 Å². The van der Waals surface area contributed by atoms with Gasteiger partial charge in [0, 0.05) is 11.7 Å². The second kappa shape index (κ2) is 4.99. The minimum absolute atomic E-state index is 0.0224. The second-order valence-corrected chi connectivity index (χ2v) is 4.08. The van der Waals surface area contributed by atoms with Crippen LogP contribution in [0.5, 0.6) is 0 Å². The number of urea groups is 1. The summed E-state index contributed by atoms with van der Waals surface area (Å²) in [4.78, 5) is 11.5. The van der Waals surface area contributed by atoms with Crippen molar-refractivity contribution in [2.45, 2.75) is 31.9 Å². The maximum atomic E-state index is 11.5. The number of carbonyl (C=O) groups is 1. The van der Waals surface area contributed by atoms with E-state index in [1.165, 1.54) is 6.42 Å². The Balaban J connectivity index is 1.84. The van der Waals surface area contributed by atoms with Gasteiger partial charge in [-0.25, -0.2) is 4.79 Å². The van der Waals surface area contributed by atoms with E-state index >= 15 is 0 Å². The molecule has 0 aliphatic heterocycles. The number of nitrogens with one attached hydrogen (secondary N) is 2. The third-order valence-corrected chi connectivity index (χ3v) is 2.83. The highest BCUT2D eigenvalue weighted by Gasteiger charge is 2.19. The van der Waals surface area contributed by atoms with Crippen LogP contribution in [0.1, 0.15) is 24.8 Å². The first-order valence-electron chi connectivity index (χ1n) is 5.55. The Morgan fingerprint density at radius 1 is 1.31 bits per heavy atom. The van der Waals surface area contributed by atoms with Crippen LogP contribution in [0.2, 0.25) is 0 Å². The molecule has 2 rings (SSSR count). The monoisotopic (exact) mass is 220 g/mol. The van der Waals surface area contributed by atoms with Crippen LogP contribution in [0.15, 0.2) is 24.3 Å². The first-order valence-corrected chi connectivity index (χ1v) is 5.55. The highest BCUT2D eigenvalue weighted by atomic mass is 16.3. The lowest BCUT2D eigenvalue weighted by atomic mass is 9.93. The standard InChI is InChI=1S/C12H16N2O2/c15-8-9-4-6-11(7-5-9)14-12(16)13-10-2-1-3-10/h4-7,10,15H,1-3,8H2,(H2,13,14,16). The van der Waals surface area contributed by atoms with Crippen LogP contribution < -0.4 is 10.6 Å². The molecule has 0 aromatic heterocycles. The van der Waals surface area contributed by atoms with Crippen molar-refractivity contribution < 1.29 is 9.90 Å². The number of benzene rings is 1. The zero-order valence-electron chi connectivity index (χ0n) is 9.07. The molecule has 0 bridgehead atoms. The third-order valence-electron chi connectivity index (χ3n) is 2.83. The van der Waals surface area contributed by atoms with Crippen LogP contribution in [0.3, 0.4) is 0 Å². The quantitative estimate of drug-likeness (QED) is 0.728. The molecule has 1 aliphatic carbocycles. The summed E-state index contributed by atoms with van der Waals surface area (Å²) in [6.45, 7) is 0.0224. The van der Waals surface area contributed by atoms with Gasteiger partial charge in [0.2, 0.25) is 0 Å². The Hall–Kier alpha value is -1.55. The fraction of sp³-hybridized carbons (Fsp3) is 0.417. The van der Waals surface area contributed by atoms with Crippen LogP contribution in [-0.4, -0.2) is 17.2 Å². The maximum absolute atomic E-state index is 11.5. The molecule has 1 fully saturated rings. The van der Waals surface area contributed by atoms with Gasteiger partial charge in [-0.3, -0.25) is 0 Å². The average Bonchev–Trinajstić information content (AvgIpc) is 2.25. The van der Waals surface area contributed by atoms with E-state index in [0.29, 0.717) is 6.04 Å². The summed E-state index contributed by atoms with van der Waals surface area (Å²) in [7, 11) is 0. The van der Waals surface area contributed by atoms with Crippen LogP contribution in [0, 0.1) is 0 Å². The highest BCUT2D eigenvalue weighted by Crippen LogP contribution is 2.18. The fourth-order valence-electron chi connectivity index (χ4n) is 1.60. The van der Waals surface area contributed by atoms with E-state index in [4.69, 9.17) is 5.11 Å². The van der Waals surface area contributed by atoms with E-state index in [0.717, 1.165) is 24.1 Å². The molecule has 1 saturated carbocycles. The van der Waals surface area contributed by atoms with Crippen molar-refractivity contribution in [3.8, 4) is 0 Å². The minimum Gasteiger partial charge on any atom is -0.392 e. The van der Waals surface area contributed by atoms with E-state index in [1.807, 2.05) is 0 Å². The van der Waals surface area contributed by atoms with Gasteiger partial charge in [0.1, 0.15) is 0 Å². The van der Waals surface area contributed by atoms with Crippen LogP contribution in [-0.2, 0) is 6.61 Å². The maximum Gasteiger partial charge on any atom is 0.319 e. The zero-order valence-corrected chi connectivity index (χ0v) is 9.07. The van der Waals surface area contributed by atoms with Crippen LogP contribution in [0.25, 0.3) is 0 Å². The molecule has 1 aliphatic rings. The molecule has 0 saturated heterocycles. The van der Waals surface area contributed by atoms with Gasteiger partial charge in [-0.1, -0.05) is 12.1 Å². The summed E-state index contributed by atoms with van der Waals surface area (Å²) in [5.74, 6) is 0. The normalized spacial score (nSPS) is 15.3. The summed E-state index contributed by atoms with van der Waals surface area (Å²) in [6.07, 6.45) is 3.36. The molecule has 0 heterocycles. The molecule has 0 unspecified atom stereocenters. The molecule has 16 heavy (non-hydrogen) atoms. The number of rotatable bonds is 3. The van der Waals surface area contributed by atoms with Crippen molar-refractivity contribution in [1.29, 1.82) is 0 Å². The first kappa shape index (κ1) is 11.0. The Labute approximate surface area is 94.7 Å². The molecular weight excluding hydrogens is 204 g/mol. The van der Waals surface area contributed by atoms with Crippen molar-refractivity contribution in [3.63, 3.8) is 0 Å². The predicted molar refractivity (Wildman–Crippen MR) is 62.2 cm³/mol. The van der Waals surface area contributed by atoms with Crippen molar-refractivity contribution in [1.82, 2.24) is 5.32 Å². The lowest BCUT2D eigenvalue weighted by molar-refractivity contribution is 0.240. The highest BCUT2D eigenvalue weighted by molar-refractivity contribution is 5.89. The molecule has 3 N–H and O–H groups in total. The molecule has 0 radical (unpaired) electrons. The number of anilines is 1. The second-order valence-electron chi connectivity index (χ2n) is 4.08. The molecule has 0 atom stereocenters. The van der Waals surface area contributed by atoms with Crippen molar-refractivity contribution in [2.75, 3.05) is 5.32 Å². The number of aliphatic hydroxyl groups excluding tert-OH is 1. The summed E-state index contributed by atoms with van der Waals surface area (Å²) >= 11 is 0. The van der Waals surface area contributed by atoms with Crippen LogP contribution in [0.4, 0.5) is 10.5 Å². The number of aliphatic hydroxyl groups is 1. The van der Waals surface area contributed by atoms with Gasteiger partial charge in [-0.15, -0.1) is 0 Å². The van der Waals surface area contributed by atoms with Gasteiger partial charge in [-0.05, 0) is 37.0 Å². The van der Waals surface area contributed by atoms with E-state index in [-0.39, 0.29) is 12.6 Å². The minimum atomic E-state index is -0.151. The third kappa shape index (κ3) is 2.73. The van der Waals surface area contributed by atoms with Gasteiger partial charge in [0.15, 0.2) is 0 Å². The number of hydrogen-bond acceptors (Lipinski definition) is 2. The lowest BCUT2D eigenvalue weighted by Crippen LogP contribution is -2.41. The Morgan fingerprint density at radius 2 is 2.00 bits per heavy atom. The summed E-state index contributed by atoms with van der Waals surface area (Å²) in [6, 6.07) is 7.34.